The second kappa shape index (κ2) is 7.45. The number of carbonyl (C=O) groups is 1. The van der Waals surface area contributed by atoms with Gasteiger partial charge in [0.2, 0.25) is 5.12 Å². The first kappa shape index (κ1) is 12.2. The topological polar surface area (TPSA) is 52.3 Å². The highest BCUT2D eigenvalue weighted by molar-refractivity contribution is 8.09. The van der Waals surface area contributed by atoms with Gasteiger partial charge in [0.25, 0.3) is 0 Å². The number of hydrogen-bond acceptors (Lipinski definition) is 4. The normalized spacial score (nSPS) is 10.2. The summed E-state index contributed by atoms with van der Waals surface area (Å²) in [4.78, 5) is 11.3. The molecule has 15 heavy (non-hydrogen) atoms. The minimum absolute atomic E-state index is 0.0484. The first-order chi connectivity index (χ1) is 7.33. The summed E-state index contributed by atoms with van der Waals surface area (Å²) in [5, 5.41) is 0.0484. The molecule has 0 unspecified atom stereocenters. The first-order valence-corrected chi connectivity index (χ1v) is 5.63. The summed E-state index contributed by atoms with van der Waals surface area (Å²) >= 11 is 0.901. The Labute approximate surface area is 94.2 Å². The molecule has 3 nitrogen and oxygen atoms in total. The quantitative estimate of drug-likeness (QED) is 0.592. The number of nitrogens with two attached hydrogens (primary N) is 1. The van der Waals surface area contributed by atoms with Gasteiger partial charge in [-0.15, -0.1) is 0 Å². The molecule has 0 aliphatic rings. The molecule has 0 saturated heterocycles. The van der Waals surface area contributed by atoms with Crippen LogP contribution in [0.1, 0.15) is 12.0 Å². The average Bonchev–Trinajstić information content (AvgIpc) is 2.28. The second-order valence-electron chi connectivity index (χ2n) is 3.05. The highest BCUT2D eigenvalue weighted by atomic mass is 32.2. The molecule has 0 spiro atoms. The minimum atomic E-state index is 0.0484. The average molecular weight is 225 g/mol. The Kier molecular flexibility index (Phi) is 6.08. The van der Waals surface area contributed by atoms with Crippen molar-refractivity contribution in [3.63, 3.8) is 0 Å². The van der Waals surface area contributed by atoms with E-state index in [4.69, 9.17) is 9.92 Å². The largest absolute Gasteiger partial charge is 0.328 e. The molecule has 1 aromatic carbocycles. The van der Waals surface area contributed by atoms with Crippen LogP contribution < -0.4 is 5.73 Å². The fourth-order valence-corrected chi connectivity index (χ4v) is 1.58. The molecule has 4 heteroatoms. The van der Waals surface area contributed by atoms with E-state index < -0.39 is 0 Å². The smallest absolute Gasteiger partial charge is 0.215 e. The summed E-state index contributed by atoms with van der Waals surface area (Å²) < 4.78 is 4.98. The van der Waals surface area contributed by atoms with Gasteiger partial charge >= 0.3 is 0 Å². The van der Waals surface area contributed by atoms with Gasteiger partial charge < -0.3 is 9.92 Å². The van der Waals surface area contributed by atoms with Crippen LogP contribution in [-0.4, -0.2) is 18.3 Å². The van der Waals surface area contributed by atoms with Gasteiger partial charge in [-0.2, -0.15) is 0 Å². The Morgan fingerprint density at radius 2 is 2.07 bits per heavy atom. The predicted octanol–water partition coefficient (Wildman–Crippen LogP) is 1.77. The van der Waals surface area contributed by atoms with E-state index in [1.54, 1.807) is 0 Å². The molecule has 0 radical (unpaired) electrons. The van der Waals surface area contributed by atoms with Crippen molar-refractivity contribution in [2.24, 2.45) is 5.73 Å². The maximum atomic E-state index is 11.3. The van der Waals surface area contributed by atoms with Gasteiger partial charge in [0.1, 0.15) is 0 Å². The molecule has 0 aliphatic carbocycles. The molecule has 0 aliphatic heterocycles. The summed E-state index contributed by atoms with van der Waals surface area (Å²) in [7, 11) is 0. The first-order valence-electron chi connectivity index (χ1n) is 4.89. The van der Waals surface area contributed by atoms with Crippen molar-refractivity contribution < 1.29 is 8.98 Å². The molecule has 0 saturated carbocycles. The van der Waals surface area contributed by atoms with E-state index in [2.05, 4.69) is 0 Å². The number of rotatable bonds is 6. The lowest BCUT2D eigenvalue weighted by Crippen LogP contribution is -2.06. The van der Waals surface area contributed by atoms with E-state index >= 15 is 0 Å². The van der Waals surface area contributed by atoms with E-state index in [9.17, 15) is 4.79 Å². The van der Waals surface area contributed by atoms with Gasteiger partial charge in [-0.05, 0) is 12.0 Å². The monoisotopic (exact) mass is 225 g/mol. The van der Waals surface area contributed by atoms with Crippen LogP contribution in [0.2, 0.25) is 0 Å². The molecule has 0 fully saturated rings. The van der Waals surface area contributed by atoms with Crippen LogP contribution in [0.3, 0.4) is 0 Å². The van der Waals surface area contributed by atoms with Gasteiger partial charge in [-0.3, -0.25) is 4.79 Å². The van der Waals surface area contributed by atoms with Crippen LogP contribution in [0.25, 0.3) is 0 Å². The van der Waals surface area contributed by atoms with Crippen LogP contribution in [0.4, 0.5) is 0 Å². The zero-order chi connectivity index (χ0) is 10.9. The summed E-state index contributed by atoms with van der Waals surface area (Å²) in [6, 6.07) is 9.93. The van der Waals surface area contributed by atoms with Gasteiger partial charge in [0, 0.05) is 13.0 Å². The summed E-state index contributed by atoms with van der Waals surface area (Å²) in [5.41, 5.74) is 6.40. The summed E-state index contributed by atoms with van der Waals surface area (Å²) in [5.74, 6) is 0. The van der Waals surface area contributed by atoms with Crippen molar-refractivity contribution in [1.29, 1.82) is 0 Å². The molecule has 82 valence electrons. The molecular formula is C11H15NO2S. The van der Waals surface area contributed by atoms with Gasteiger partial charge in [-0.1, -0.05) is 30.3 Å². The highest BCUT2D eigenvalue weighted by Gasteiger charge is 2.03. The van der Waals surface area contributed by atoms with Crippen LogP contribution in [0.15, 0.2) is 30.3 Å². The maximum Gasteiger partial charge on any atom is 0.215 e. The van der Waals surface area contributed by atoms with Crippen molar-refractivity contribution in [3.05, 3.63) is 35.9 Å². The van der Waals surface area contributed by atoms with Gasteiger partial charge in [0.15, 0.2) is 0 Å². The van der Waals surface area contributed by atoms with Crippen LogP contribution in [0.5, 0.6) is 0 Å². The molecule has 0 heterocycles. The Balaban J connectivity index is 2.17. The Bertz CT molecular complexity index is 290. The number of benzene rings is 1. The third-order valence-electron chi connectivity index (χ3n) is 1.81. The van der Waals surface area contributed by atoms with Crippen LogP contribution in [-0.2, 0) is 15.4 Å². The van der Waals surface area contributed by atoms with Crippen molar-refractivity contribution in [1.82, 2.24) is 0 Å². The van der Waals surface area contributed by atoms with Crippen molar-refractivity contribution >= 4 is 17.2 Å². The Morgan fingerprint density at radius 3 is 2.73 bits per heavy atom. The Morgan fingerprint density at radius 1 is 1.33 bits per heavy atom. The van der Waals surface area contributed by atoms with E-state index in [1.807, 2.05) is 30.3 Å². The Hall–Kier alpha value is -0.840. The van der Waals surface area contributed by atoms with E-state index in [-0.39, 0.29) is 5.12 Å². The lowest BCUT2D eigenvalue weighted by molar-refractivity contribution is -0.111. The number of carbonyl (C=O) groups excluding carboxylic acids is 1. The molecule has 0 atom stereocenters. The van der Waals surface area contributed by atoms with E-state index in [0.29, 0.717) is 19.6 Å². The van der Waals surface area contributed by atoms with E-state index in [0.717, 1.165) is 18.5 Å². The summed E-state index contributed by atoms with van der Waals surface area (Å²) in [6.07, 6.45) is 1.26. The lowest BCUT2D eigenvalue weighted by atomic mass is 10.1. The molecule has 0 bridgehead atoms. The molecule has 0 aromatic heterocycles. The number of aryl methyl sites for hydroxylation is 1. The second-order valence-corrected chi connectivity index (χ2v) is 3.91. The fourth-order valence-electron chi connectivity index (χ4n) is 1.09. The van der Waals surface area contributed by atoms with E-state index in [1.165, 1.54) is 5.56 Å². The predicted molar refractivity (Wildman–Crippen MR) is 62.4 cm³/mol. The molecular weight excluding hydrogens is 210 g/mol. The highest BCUT2D eigenvalue weighted by Crippen LogP contribution is 2.10. The minimum Gasteiger partial charge on any atom is -0.328 e. The maximum absolute atomic E-state index is 11.3. The SMILES string of the molecule is NCCOSC(=O)CCc1ccccc1. The standard InChI is InChI=1S/C11H15NO2S/c12-8-9-14-15-11(13)7-6-10-4-2-1-3-5-10/h1-5H,6-9,12H2. The third kappa shape index (κ3) is 5.57. The molecule has 0 amide bonds. The fraction of sp³-hybridized carbons (Fsp3) is 0.364. The zero-order valence-electron chi connectivity index (χ0n) is 8.52. The van der Waals surface area contributed by atoms with Crippen LogP contribution in [0, 0.1) is 0 Å². The van der Waals surface area contributed by atoms with Crippen molar-refractivity contribution in [2.75, 3.05) is 13.2 Å². The van der Waals surface area contributed by atoms with Gasteiger partial charge in [0.05, 0.1) is 18.6 Å². The van der Waals surface area contributed by atoms with Gasteiger partial charge in [-0.25, -0.2) is 0 Å². The van der Waals surface area contributed by atoms with Crippen molar-refractivity contribution in [3.8, 4) is 0 Å². The van der Waals surface area contributed by atoms with Crippen LogP contribution >= 0.6 is 12.0 Å². The molecule has 1 aromatic rings. The van der Waals surface area contributed by atoms with Crippen molar-refractivity contribution in [2.45, 2.75) is 12.8 Å². The molecule has 1 rings (SSSR count). The third-order valence-corrected chi connectivity index (χ3v) is 2.49. The lowest BCUT2D eigenvalue weighted by Gasteiger charge is -2.00. The number of hydrogen-bond donors (Lipinski definition) is 1. The zero-order valence-corrected chi connectivity index (χ0v) is 9.33. The summed E-state index contributed by atoms with van der Waals surface area (Å²) in [6.45, 7) is 0.862. The molecule has 2 N–H and O–H groups in total.